The third-order valence-corrected chi connectivity index (χ3v) is 5.13. The van der Waals surface area contributed by atoms with Crippen LogP contribution in [0.15, 0.2) is 0 Å². The van der Waals surface area contributed by atoms with Crippen molar-refractivity contribution in [1.29, 1.82) is 5.41 Å². The first kappa shape index (κ1) is 15.4. The van der Waals surface area contributed by atoms with Crippen LogP contribution in [0.5, 0.6) is 0 Å². The predicted molar refractivity (Wildman–Crippen MR) is 67.0 cm³/mol. The smallest absolute Gasteiger partial charge is 0.217 e. The molecule has 0 aromatic rings. The Morgan fingerprint density at radius 1 is 1.25 bits per heavy atom. The Labute approximate surface area is 98.4 Å². The molecule has 5 nitrogen and oxygen atoms in total. The lowest BCUT2D eigenvalue weighted by atomic mass is 9.93. The van der Waals surface area contributed by atoms with Gasteiger partial charge in [-0.05, 0) is 33.6 Å². The second kappa shape index (κ2) is 4.71. The standard InChI is InChI=1S/C10H23N3O2S/c1-6-10(7-2,8(11)12)13-16(14,15)9(3,4)5/h13H,6-7H2,1-5H3,(H3,11,12). The Hall–Kier alpha value is -0.620. The van der Waals surface area contributed by atoms with Crippen LogP contribution in [0.4, 0.5) is 0 Å². The highest BCUT2D eigenvalue weighted by molar-refractivity contribution is 7.90. The van der Waals surface area contributed by atoms with Crippen LogP contribution in [0.2, 0.25) is 0 Å². The van der Waals surface area contributed by atoms with Crippen molar-refractivity contribution in [2.75, 3.05) is 0 Å². The number of nitrogens with two attached hydrogens (primary N) is 1. The van der Waals surface area contributed by atoms with Gasteiger partial charge in [0.25, 0.3) is 0 Å². The first-order chi connectivity index (χ1) is 7.02. The summed E-state index contributed by atoms with van der Waals surface area (Å²) in [6.45, 7) is 8.48. The van der Waals surface area contributed by atoms with Crippen molar-refractivity contribution >= 4 is 15.9 Å². The highest BCUT2D eigenvalue weighted by Gasteiger charge is 2.39. The fourth-order valence-corrected chi connectivity index (χ4v) is 2.46. The fourth-order valence-electron chi connectivity index (χ4n) is 1.24. The minimum atomic E-state index is -3.50. The summed E-state index contributed by atoms with van der Waals surface area (Å²) in [6.07, 6.45) is 0.933. The molecule has 0 aliphatic carbocycles. The van der Waals surface area contributed by atoms with E-state index < -0.39 is 20.3 Å². The van der Waals surface area contributed by atoms with Crippen molar-refractivity contribution in [2.45, 2.75) is 57.7 Å². The summed E-state index contributed by atoms with van der Waals surface area (Å²) < 4.78 is 25.7. The number of hydrogen-bond donors (Lipinski definition) is 3. The predicted octanol–water partition coefficient (Wildman–Crippen LogP) is 1.20. The molecule has 0 aliphatic heterocycles. The molecule has 0 heterocycles. The minimum Gasteiger partial charge on any atom is -0.386 e. The van der Waals surface area contributed by atoms with E-state index in [9.17, 15) is 8.42 Å². The van der Waals surface area contributed by atoms with Crippen molar-refractivity contribution in [3.63, 3.8) is 0 Å². The lowest BCUT2D eigenvalue weighted by molar-refractivity contribution is 0.447. The second-order valence-electron chi connectivity index (χ2n) is 4.92. The molecule has 0 unspecified atom stereocenters. The van der Waals surface area contributed by atoms with Gasteiger partial charge in [0, 0.05) is 0 Å². The molecule has 96 valence electrons. The topological polar surface area (TPSA) is 96.0 Å². The van der Waals surface area contributed by atoms with E-state index in [1.807, 2.05) is 13.8 Å². The number of sulfonamides is 1. The quantitative estimate of drug-likeness (QED) is 0.504. The first-order valence-corrected chi connectivity index (χ1v) is 6.88. The maximum atomic E-state index is 12.0. The van der Waals surface area contributed by atoms with Gasteiger partial charge in [-0.1, -0.05) is 13.8 Å². The monoisotopic (exact) mass is 249 g/mol. The fraction of sp³-hybridized carbons (Fsp3) is 0.900. The highest BCUT2D eigenvalue weighted by Crippen LogP contribution is 2.21. The van der Waals surface area contributed by atoms with Crippen molar-refractivity contribution in [1.82, 2.24) is 4.72 Å². The van der Waals surface area contributed by atoms with Crippen LogP contribution >= 0.6 is 0 Å². The summed E-state index contributed by atoms with van der Waals surface area (Å²) in [5.41, 5.74) is 4.55. The Kier molecular flexibility index (Phi) is 4.53. The van der Waals surface area contributed by atoms with Gasteiger partial charge < -0.3 is 5.73 Å². The Balaban J connectivity index is 5.29. The number of hydrogen-bond acceptors (Lipinski definition) is 3. The molecule has 4 N–H and O–H groups in total. The molecule has 0 saturated heterocycles. The molecule has 0 bridgehead atoms. The largest absolute Gasteiger partial charge is 0.386 e. The summed E-state index contributed by atoms with van der Waals surface area (Å²) in [7, 11) is -3.50. The van der Waals surface area contributed by atoms with E-state index in [0.29, 0.717) is 12.8 Å². The summed E-state index contributed by atoms with van der Waals surface area (Å²) in [4.78, 5) is 0. The van der Waals surface area contributed by atoms with E-state index in [-0.39, 0.29) is 5.84 Å². The normalized spacial score (nSPS) is 13.8. The van der Waals surface area contributed by atoms with Crippen LogP contribution < -0.4 is 10.5 Å². The van der Waals surface area contributed by atoms with Gasteiger partial charge in [-0.3, -0.25) is 5.41 Å². The average molecular weight is 249 g/mol. The summed E-state index contributed by atoms with van der Waals surface area (Å²) in [5.74, 6) is -0.134. The van der Waals surface area contributed by atoms with Crippen LogP contribution in [0.1, 0.15) is 47.5 Å². The molecule has 0 aromatic carbocycles. The third kappa shape index (κ3) is 2.95. The minimum absolute atomic E-state index is 0.134. The van der Waals surface area contributed by atoms with Crippen LogP contribution in [-0.4, -0.2) is 24.5 Å². The molecule has 0 radical (unpaired) electrons. The number of nitrogens with one attached hydrogen (secondary N) is 2. The van der Waals surface area contributed by atoms with Crippen LogP contribution in [0.25, 0.3) is 0 Å². The van der Waals surface area contributed by atoms with Gasteiger partial charge in [0.15, 0.2) is 0 Å². The summed E-state index contributed by atoms with van der Waals surface area (Å²) >= 11 is 0. The third-order valence-electron chi connectivity index (χ3n) is 2.86. The maximum Gasteiger partial charge on any atom is 0.217 e. The lowest BCUT2D eigenvalue weighted by Crippen LogP contribution is -2.59. The maximum absolute atomic E-state index is 12.0. The van der Waals surface area contributed by atoms with Gasteiger partial charge in [0.1, 0.15) is 5.84 Å². The van der Waals surface area contributed by atoms with Crippen LogP contribution in [0, 0.1) is 5.41 Å². The summed E-state index contributed by atoms with van der Waals surface area (Å²) in [5, 5.41) is 7.53. The second-order valence-corrected chi connectivity index (χ2v) is 7.36. The van der Waals surface area contributed by atoms with Crippen LogP contribution in [0.3, 0.4) is 0 Å². The van der Waals surface area contributed by atoms with Crippen molar-refractivity contribution in [3.8, 4) is 0 Å². The molecule has 0 spiro atoms. The van der Waals surface area contributed by atoms with E-state index in [1.54, 1.807) is 20.8 Å². The van der Waals surface area contributed by atoms with Gasteiger partial charge >= 0.3 is 0 Å². The average Bonchev–Trinajstić information content (AvgIpc) is 2.12. The van der Waals surface area contributed by atoms with Gasteiger partial charge in [0.05, 0.1) is 10.3 Å². The van der Waals surface area contributed by atoms with Gasteiger partial charge in [-0.2, -0.15) is 0 Å². The molecule has 0 amide bonds. The molecule has 0 atom stereocenters. The van der Waals surface area contributed by atoms with Gasteiger partial charge in [0.2, 0.25) is 10.0 Å². The molecule has 0 fully saturated rings. The van der Waals surface area contributed by atoms with E-state index in [0.717, 1.165) is 0 Å². The van der Waals surface area contributed by atoms with Gasteiger partial charge in [-0.25, -0.2) is 13.1 Å². The molecule has 0 aliphatic rings. The Morgan fingerprint density at radius 3 is 1.81 bits per heavy atom. The van der Waals surface area contributed by atoms with E-state index in [4.69, 9.17) is 11.1 Å². The van der Waals surface area contributed by atoms with Crippen molar-refractivity contribution in [2.24, 2.45) is 5.73 Å². The Bertz CT molecular complexity index is 351. The van der Waals surface area contributed by atoms with E-state index >= 15 is 0 Å². The molecule has 0 aromatic heterocycles. The molecule has 0 saturated carbocycles. The van der Waals surface area contributed by atoms with E-state index in [2.05, 4.69) is 4.72 Å². The van der Waals surface area contributed by atoms with Crippen molar-refractivity contribution < 1.29 is 8.42 Å². The van der Waals surface area contributed by atoms with E-state index in [1.165, 1.54) is 0 Å². The first-order valence-electron chi connectivity index (χ1n) is 5.40. The molecule has 6 heteroatoms. The van der Waals surface area contributed by atoms with Crippen molar-refractivity contribution in [3.05, 3.63) is 0 Å². The van der Waals surface area contributed by atoms with Gasteiger partial charge in [-0.15, -0.1) is 0 Å². The number of rotatable bonds is 5. The zero-order valence-electron chi connectivity index (χ0n) is 10.7. The molecule has 16 heavy (non-hydrogen) atoms. The zero-order valence-corrected chi connectivity index (χ0v) is 11.5. The summed E-state index contributed by atoms with van der Waals surface area (Å²) in [6, 6.07) is 0. The molecular formula is C10H23N3O2S. The number of amidine groups is 1. The highest BCUT2D eigenvalue weighted by atomic mass is 32.2. The zero-order chi connectivity index (χ0) is 13.2. The Morgan fingerprint density at radius 2 is 1.62 bits per heavy atom. The lowest BCUT2D eigenvalue weighted by Gasteiger charge is -2.34. The SMILES string of the molecule is CCC(CC)(NS(=O)(=O)C(C)(C)C)C(=N)N. The molecular weight excluding hydrogens is 226 g/mol. The molecule has 0 rings (SSSR count). The van der Waals surface area contributed by atoms with Crippen LogP contribution in [-0.2, 0) is 10.0 Å².